The van der Waals surface area contributed by atoms with Gasteiger partial charge in [-0.25, -0.2) is 0 Å². The molecule has 74 valence electrons. The molecular weight excluding hydrogens is 178 g/mol. The largest absolute Gasteiger partial charge is 0.478 e. The summed E-state index contributed by atoms with van der Waals surface area (Å²) >= 11 is 0. The van der Waals surface area contributed by atoms with Crippen molar-refractivity contribution in [3.63, 3.8) is 0 Å². The van der Waals surface area contributed by atoms with Crippen molar-refractivity contribution in [1.29, 1.82) is 0 Å². The Balaban J connectivity index is 2.86. The molecule has 13 heavy (non-hydrogen) atoms. The second kappa shape index (κ2) is 4.20. The van der Waals surface area contributed by atoms with E-state index in [1.54, 1.807) is 6.92 Å². The Morgan fingerprint density at radius 2 is 2.31 bits per heavy atom. The number of allylic oxidation sites excluding steroid dienone is 1. The molecule has 1 heterocycles. The molecule has 0 atom stereocenters. The Labute approximate surface area is 75.3 Å². The lowest BCUT2D eigenvalue weighted by atomic mass is 10.1. The van der Waals surface area contributed by atoms with Crippen molar-refractivity contribution in [2.75, 3.05) is 6.61 Å². The standard InChI is InChI=1S/C8H12F2N2O/c1-5(11)6-3-2-4-13-7(6)12-8(9)10/h8H,2-4,11H2,1H3. The van der Waals surface area contributed by atoms with Crippen LogP contribution in [0.25, 0.3) is 0 Å². The zero-order chi connectivity index (χ0) is 9.84. The first kappa shape index (κ1) is 9.95. The highest BCUT2D eigenvalue weighted by Crippen LogP contribution is 2.18. The third kappa shape index (κ3) is 2.68. The molecule has 1 fully saturated rings. The molecular formula is C8H12F2N2O. The van der Waals surface area contributed by atoms with Crippen LogP contribution in [0, 0.1) is 0 Å². The van der Waals surface area contributed by atoms with Crippen LogP contribution in [0.15, 0.2) is 16.3 Å². The van der Waals surface area contributed by atoms with Crippen LogP contribution in [0.2, 0.25) is 0 Å². The second-order valence-electron chi connectivity index (χ2n) is 2.83. The van der Waals surface area contributed by atoms with Crippen molar-refractivity contribution >= 4 is 5.90 Å². The maximum Gasteiger partial charge on any atom is 0.334 e. The third-order valence-electron chi connectivity index (χ3n) is 1.76. The Bertz CT molecular complexity index is 245. The van der Waals surface area contributed by atoms with Gasteiger partial charge in [0.1, 0.15) is 0 Å². The van der Waals surface area contributed by atoms with Crippen molar-refractivity contribution in [3.8, 4) is 0 Å². The fourth-order valence-corrected chi connectivity index (χ4v) is 1.18. The van der Waals surface area contributed by atoms with Crippen LogP contribution in [0.1, 0.15) is 19.8 Å². The van der Waals surface area contributed by atoms with Gasteiger partial charge in [0.05, 0.1) is 6.61 Å². The topological polar surface area (TPSA) is 47.6 Å². The lowest BCUT2D eigenvalue weighted by molar-refractivity contribution is 0.152. The number of hydrogen-bond donors (Lipinski definition) is 1. The molecule has 0 aromatic heterocycles. The summed E-state index contributed by atoms with van der Waals surface area (Å²) in [5.41, 5.74) is 6.61. The van der Waals surface area contributed by atoms with Crippen molar-refractivity contribution < 1.29 is 13.5 Å². The lowest BCUT2D eigenvalue weighted by Crippen LogP contribution is -2.20. The molecule has 0 aliphatic carbocycles. The van der Waals surface area contributed by atoms with Crippen LogP contribution < -0.4 is 5.73 Å². The van der Waals surface area contributed by atoms with E-state index in [1.165, 1.54) is 0 Å². The highest BCUT2D eigenvalue weighted by Gasteiger charge is 2.17. The normalized spacial score (nSPS) is 24.8. The Kier molecular flexibility index (Phi) is 3.22. The van der Waals surface area contributed by atoms with Crippen molar-refractivity contribution in [3.05, 3.63) is 11.3 Å². The molecule has 1 rings (SSSR count). The number of alkyl halides is 2. The molecule has 5 heteroatoms. The Morgan fingerprint density at radius 1 is 1.62 bits per heavy atom. The Hall–Kier alpha value is -1.13. The van der Waals surface area contributed by atoms with Gasteiger partial charge >= 0.3 is 6.55 Å². The maximum atomic E-state index is 11.9. The number of rotatable bonds is 1. The zero-order valence-electron chi connectivity index (χ0n) is 7.39. The predicted octanol–water partition coefficient (Wildman–Crippen LogP) is 1.65. The number of ether oxygens (including phenoxy) is 1. The van der Waals surface area contributed by atoms with Gasteiger partial charge in [-0.1, -0.05) is 0 Å². The van der Waals surface area contributed by atoms with Gasteiger partial charge in [-0.2, -0.15) is 13.8 Å². The first-order valence-electron chi connectivity index (χ1n) is 4.05. The van der Waals surface area contributed by atoms with E-state index < -0.39 is 6.55 Å². The molecule has 3 nitrogen and oxygen atoms in total. The van der Waals surface area contributed by atoms with Gasteiger partial charge in [-0.15, -0.1) is 0 Å². The van der Waals surface area contributed by atoms with Gasteiger partial charge in [-0.05, 0) is 19.8 Å². The molecule has 0 radical (unpaired) electrons. The minimum absolute atomic E-state index is 0.00116. The van der Waals surface area contributed by atoms with Crippen LogP contribution in [0.3, 0.4) is 0 Å². The summed E-state index contributed by atoms with van der Waals surface area (Å²) in [6, 6.07) is 0. The molecule has 0 bridgehead atoms. The zero-order valence-corrected chi connectivity index (χ0v) is 7.39. The molecule has 0 aromatic rings. The Morgan fingerprint density at radius 3 is 2.85 bits per heavy atom. The van der Waals surface area contributed by atoms with E-state index in [4.69, 9.17) is 10.5 Å². The van der Waals surface area contributed by atoms with Crippen LogP contribution >= 0.6 is 0 Å². The van der Waals surface area contributed by atoms with E-state index in [0.717, 1.165) is 6.42 Å². The van der Waals surface area contributed by atoms with Gasteiger partial charge in [-0.3, -0.25) is 0 Å². The monoisotopic (exact) mass is 190 g/mol. The van der Waals surface area contributed by atoms with E-state index in [1.807, 2.05) is 0 Å². The number of hydrogen-bond acceptors (Lipinski definition) is 3. The van der Waals surface area contributed by atoms with Gasteiger partial charge in [0, 0.05) is 11.3 Å². The van der Waals surface area contributed by atoms with Crippen LogP contribution in [0.5, 0.6) is 0 Å². The van der Waals surface area contributed by atoms with E-state index in [9.17, 15) is 8.78 Å². The molecule has 0 amide bonds. The van der Waals surface area contributed by atoms with Crippen molar-refractivity contribution in [1.82, 2.24) is 0 Å². The smallest absolute Gasteiger partial charge is 0.334 e. The average Bonchev–Trinajstić information content (AvgIpc) is 2.03. The lowest BCUT2D eigenvalue weighted by Gasteiger charge is -2.19. The summed E-state index contributed by atoms with van der Waals surface area (Å²) in [6.45, 7) is -0.643. The number of halogens is 2. The number of nitrogens with two attached hydrogens (primary N) is 1. The third-order valence-corrected chi connectivity index (χ3v) is 1.76. The quantitative estimate of drug-likeness (QED) is 0.639. The summed E-state index contributed by atoms with van der Waals surface area (Å²) in [6.07, 6.45) is 1.46. The summed E-state index contributed by atoms with van der Waals surface area (Å²) in [5.74, 6) is 0.00116. The second-order valence-corrected chi connectivity index (χ2v) is 2.83. The van der Waals surface area contributed by atoms with E-state index in [2.05, 4.69) is 4.99 Å². The predicted molar refractivity (Wildman–Crippen MR) is 45.5 cm³/mol. The van der Waals surface area contributed by atoms with Crippen molar-refractivity contribution in [2.45, 2.75) is 26.3 Å². The van der Waals surface area contributed by atoms with Crippen LogP contribution in [0.4, 0.5) is 8.78 Å². The molecule has 0 spiro atoms. The van der Waals surface area contributed by atoms with Gasteiger partial charge < -0.3 is 10.5 Å². The fourth-order valence-electron chi connectivity index (χ4n) is 1.18. The van der Waals surface area contributed by atoms with Crippen molar-refractivity contribution in [2.24, 2.45) is 10.7 Å². The van der Waals surface area contributed by atoms with Crippen LogP contribution in [-0.4, -0.2) is 19.1 Å². The average molecular weight is 190 g/mol. The highest BCUT2D eigenvalue weighted by atomic mass is 19.3. The summed E-state index contributed by atoms with van der Waals surface area (Å²) in [4.78, 5) is 3.06. The molecule has 0 saturated carbocycles. The van der Waals surface area contributed by atoms with E-state index in [0.29, 0.717) is 24.3 Å². The molecule has 1 aliphatic heterocycles. The molecule has 0 unspecified atom stereocenters. The first-order chi connectivity index (χ1) is 6.11. The van der Waals surface area contributed by atoms with Gasteiger partial charge in [0.15, 0.2) is 0 Å². The minimum Gasteiger partial charge on any atom is -0.478 e. The summed E-state index contributed by atoms with van der Waals surface area (Å²) in [5, 5.41) is 0. The highest BCUT2D eigenvalue weighted by molar-refractivity contribution is 5.94. The van der Waals surface area contributed by atoms with Gasteiger partial charge in [0.2, 0.25) is 5.90 Å². The first-order valence-corrected chi connectivity index (χ1v) is 4.05. The molecule has 1 aliphatic rings. The van der Waals surface area contributed by atoms with E-state index >= 15 is 0 Å². The molecule has 0 aromatic carbocycles. The maximum absolute atomic E-state index is 11.9. The summed E-state index contributed by atoms with van der Waals surface area (Å²) in [7, 11) is 0. The number of nitrogens with zero attached hydrogens (tertiary/aromatic N) is 1. The van der Waals surface area contributed by atoms with Gasteiger partial charge in [0.25, 0.3) is 0 Å². The van der Waals surface area contributed by atoms with E-state index in [-0.39, 0.29) is 5.90 Å². The fraction of sp³-hybridized carbons (Fsp3) is 0.625. The molecule has 1 saturated heterocycles. The SMILES string of the molecule is CC(N)=C1CCCOC1=NC(F)F. The summed E-state index contributed by atoms with van der Waals surface area (Å²) < 4.78 is 28.8. The van der Waals surface area contributed by atoms with Crippen LogP contribution in [-0.2, 0) is 4.74 Å². The number of aliphatic imine (C=N–C) groups is 1. The molecule has 2 N–H and O–H groups in total. The minimum atomic E-state index is -2.73.